The molecule has 1 amide bonds. The van der Waals surface area contributed by atoms with E-state index >= 15 is 0 Å². The number of amides is 1. The molecule has 0 radical (unpaired) electrons. The molecule has 0 heterocycles. The molecule has 0 aromatic rings. The molecule has 0 aliphatic carbocycles. The zero-order chi connectivity index (χ0) is 11.8. The second-order valence-corrected chi connectivity index (χ2v) is 4.25. The van der Waals surface area contributed by atoms with Crippen molar-refractivity contribution in [2.45, 2.75) is 52.1 Å². The van der Waals surface area contributed by atoms with Gasteiger partial charge in [0.05, 0.1) is 12.1 Å². The summed E-state index contributed by atoms with van der Waals surface area (Å²) in [6.07, 6.45) is 7.75. The second-order valence-electron chi connectivity index (χ2n) is 4.25. The van der Waals surface area contributed by atoms with E-state index in [2.05, 4.69) is 11.2 Å². The van der Waals surface area contributed by atoms with E-state index in [1.54, 1.807) is 0 Å². The summed E-state index contributed by atoms with van der Waals surface area (Å²) >= 11 is 0. The summed E-state index contributed by atoms with van der Waals surface area (Å²) in [5, 5.41) is 2.77. The third-order valence-electron chi connectivity index (χ3n) is 2.16. The Balaban J connectivity index is 4.05. The largest absolute Gasteiger partial charge is 0.341 e. The van der Waals surface area contributed by atoms with Gasteiger partial charge in [0.1, 0.15) is 0 Å². The molecule has 0 bridgehead atoms. The molecule has 0 rings (SSSR count). The standard InChI is InChI=1S/C12H22N2O/c1-5-7-10(6-2)14-12(15)11(13)8-9(3)4/h2,9-11H,5,7-8,13H2,1,3-4H3,(H,14,15). The minimum atomic E-state index is -0.447. The molecule has 0 saturated carbocycles. The number of rotatable bonds is 6. The predicted molar refractivity (Wildman–Crippen MR) is 63.1 cm³/mol. The zero-order valence-corrected chi connectivity index (χ0v) is 9.92. The molecule has 0 spiro atoms. The normalized spacial score (nSPS) is 14.4. The second kappa shape index (κ2) is 7.30. The van der Waals surface area contributed by atoms with Crippen LogP contribution in [-0.4, -0.2) is 18.0 Å². The lowest BCUT2D eigenvalue weighted by molar-refractivity contribution is -0.123. The molecule has 3 nitrogen and oxygen atoms in total. The molecule has 0 aliphatic heterocycles. The Hall–Kier alpha value is -1.01. The molecule has 0 aromatic carbocycles. The van der Waals surface area contributed by atoms with Crippen LogP contribution in [-0.2, 0) is 4.79 Å². The molecule has 15 heavy (non-hydrogen) atoms. The van der Waals surface area contributed by atoms with Gasteiger partial charge in [-0.15, -0.1) is 6.42 Å². The Bertz CT molecular complexity index is 230. The van der Waals surface area contributed by atoms with Crippen molar-refractivity contribution in [1.82, 2.24) is 5.32 Å². The summed E-state index contributed by atoms with van der Waals surface area (Å²) in [6.45, 7) is 6.11. The van der Waals surface area contributed by atoms with Crippen molar-refractivity contribution in [3.05, 3.63) is 0 Å². The molecule has 0 aliphatic rings. The SMILES string of the molecule is C#CC(CCC)NC(=O)C(N)CC(C)C. The minimum Gasteiger partial charge on any atom is -0.341 e. The molecule has 2 unspecified atom stereocenters. The number of terminal acetylenes is 1. The molecule has 0 aromatic heterocycles. The number of carbonyl (C=O) groups excluding carboxylic acids is 1. The van der Waals surface area contributed by atoms with Crippen molar-refractivity contribution < 1.29 is 4.79 Å². The minimum absolute atomic E-state index is 0.139. The number of hydrogen-bond acceptors (Lipinski definition) is 2. The zero-order valence-electron chi connectivity index (χ0n) is 9.92. The molecule has 0 saturated heterocycles. The van der Waals surface area contributed by atoms with E-state index in [9.17, 15) is 4.79 Å². The molecule has 3 heteroatoms. The van der Waals surface area contributed by atoms with Gasteiger partial charge >= 0.3 is 0 Å². The van der Waals surface area contributed by atoms with Crippen molar-refractivity contribution in [3.8, 4) is 12.3 Å². The quantitative estimate of drug-likeness (QED) is 0.649. The van der Waals surface area contributed by atoms with Gasteiger partial charge in [-0.3, -0.25) is 4.79 Å². The van der Waals surface area contributed by atoms with E-state index in [0.29, 0.717) is 12.3 Å². The Morgan fingerprint density at radius 1 is 1.53 bits per heavy atom. The van der Waals surface area contributed by atoms with Crippen LogP contribution in [0.1, 0.15) is 40.0 Å². The first-order chi connectivity index (χ1) is 7.01. The average Bonchev–Trinajstić information content (AvgIpc) is 2.15. The highest BCUT2D eigenvalue weighted by atomic mass is 16.2. The molecular weight excluding hydrogens is 188 g/mol. The van der Waals surface area contributed by atoms with Crippen LogP contribution in [0.15, 0.2) is 0 Å². The van der Waals surface area contributed by atoms with Gasteiger partial charge in [-0.1, -0.05) is 33.1 Å². The lowest BCUT2D eigenvalue weighted by Gasteiger charge is -2.17. The summed E-state index contributed by atoms with van der Waals surface area (Å²) in [6, 6.07) is -0.626. The van der Waals surface area contributed by atoms with Gasteiger partial charge < -0.3 is 11.1 Å². The maximum atomic E-state index is 11.6. The first-order valence-corrected chi connectivity index (χ1v) is 5.53. The summed E-state index contributed by atoms with van der Waals surface area (Å²) in [7, 11) is 0. The summed E-state index contributed by atoms with van der Waals surface area (Å²) in [4.78, 5) is 11.6. The van der Waals surface area contributed by atoms with Gasteiger partial charge in [-0.25, -0.2) is 0 Å². The van der Waals surface area contributed by atoms with Crippen molar-refractivity contribution in [2.24, 2.45) is 11.7 Å². The van der Waals surface area contributed by atoms with Crippen LogP contribution in [0.5, 0.6) is 0 Å². The summed E-state index contributed by atoms with van der Waals surface area (Å²) < 4.78 is 0. The first kappa shape index (κ1) is 14.0. The topological polar surface area (TPSA) is 55.1 Å². The lowest BCUT2D eigenvalue weighted by atomic mass is 10.0. The third-order valence-corrected chi connectivity index (χ3v) is 2.16. The van der Waals surface area contributed by atoms with Gasteiger partial charge in [0.2, 0.25) is 5.91 Å². The van der Waals surface area contributed by atoms with Crippen molar-refractivity contribution in [2.75, 3.05) is 0 Å². The summed E-state index contributed by atoms with van der Waals surface area (Å²) in [5.41, 5.74) is 5.74. The van der Waals surface area contributed by atoms with E-state index in [1.165, 1.54) is 0 Å². The van der Waals surface area contributed by atoms with E-state index in [4.69, 9.17) is 12.2 Å². The third kappa shape index (κ3) is 6.14. The van der Waals surface area contributed by atoms with Crippen LogP contribution in [0, 0.1) is 18.3 Å². The molecule has 0 fully saturated rings. The van der Waals surface area contributed by atoms with E-state index in [0.717, 1.165) is 12.8 Å². The maximum Gasteiger partial charge on any atom is 0.237 e. The smallest absolute Gasteiger partial charge is 0.237 e. The van der Waals surface area contributed by atoms with E-state index in [1.807, 2.05) is 20.8 Å². The van der Waals surface area contributed by atoms with Crippen LogP contribution in [0.2, 0.25) is 0 Å². The maximum absolute atomic E-state index is 11.6. The highest BCUT2D eigenvalue weighted by Gasteiger charge is 2.17. The van der Waals surface area contributed by atoms with Gasteiger partial charge in [0.25, 0.3) is 0 Å². The number of hydrogen-bond donors (Lipinski definition) is 2. The molecule has 86 valence electrons. The van der Waals surface area contributed by atoms with Gasteiger partial charge in [0.15, 0.2) is 0 Å². The first-order valence-electron chi connectivity index (χ1n) is 5.53. The van der Waals surface area contributed by atoms with Crippen LogP contribution in [0.3, 0.4) is 0 Å². The van der Waals surface area contributed by atoms with Crippen LogP contribution >= 0.6 is 0 Å². The highest BCUT2D eigenvalue weighted by Crippen LogP contribution is 2.03. The van der Waals surface area contributed by atoms with E-state index in [-0.39, 0.29) is 11.9 Å². The average molecular weight is 210 g/mol. The van der Waals surface area contributed by atoms with Gasteiger partial charge in [0, 0.05) is 0 Å². The van der Waals surface area contributed by atoms with Gasteiger partial charge in [-0.2, -0.15) is 0 Å². The Kier molecular flexibility index (Phi) is 6.81. The fraction of sp³-hybridized carbons (Fsp3) is 0.750. The van der Waals surface area contributed by atoms with Gasteiger partial charge in [-0.05, 0) is 18.8 Å². The van der Waals surface area contributed by atoms with Crippen molar-refractivity contribution >= 4 is 5.91 Å². The Morgan fingerprint density at radius 2 is 2.13 bits per heavy atom. The Morgan fingerprint density at radius 3 is 2.53 bits per heavy atom. The van der Waals surface area contributed by atoms with Crippen molar-refractivity contribution in [1.29, 1.82) is 0 Å². The van der Waals surface area contributed by atoms with Crippen LogP contribution in [0.25, 0.3) is 0 Å². The number of nitrogens with one attached hydrogen (secondary N) is 1. The van der Waals surface area contributed by atoms with Crippen LogP contribution < -0.4 is 11.1 Å². The molecular formula is C12H22N2O. The summed E-state index contributed by atoms with van der Waals surface area (Å²) in [5.74, 6) is 2.83. The monoisotopic (exact) mass is 210 g/mol. The molecule has 2 atom stereocenters. The number of carbonyl (C=O) groups is 1. The number of nitrogens with two attached hydrogens (primary N) is 1. The van der Waals surface area contributed by atoms with E-state index < -0.39 is 6.04 Å². The predicted octanol–water partition coefficient (Wildman–Crippen LogP) is 1.28. The lowest BCUT2D eigenvalue weighted by Crippen LogP contribution is -2.45. The molecule has 3 N–H and O–H groups in total. The highest BCUT2D eigenvalue weighted by molar-refractivity contribution is 5.82. The fourth-order valence-corrected chi connectivity index (χ4v) is 1.38. The Labute approximate surface area is 92.8 Å². The van der Waals surface area contributed by atoms with Crippen molar-refractivity contribution in [3.63, 3.8) is 0 Å². The fourth-order valence-electron chi connectivity index (χ4n) is 1.38. The van der Waals surface area contributed by atoms with Crippen LogP contribution in [0.4, 0.5) is 0 Å².